The van der Waals surface area contributed by atoms with Crippen LogP contribution in [0.4, 0.5) is 0 Å². The maximum absolute atomic E-state index is 9.76. The molecule has 0 aromatic rings. The van der Waals surface area contributed by atoms with Gasteiger partial charge in [0.05, 0.1) is 12.7 Å². The number of aliphatic hydroxyl groups excluding tert-OH is 1. The van der Waals surface area contributed by atoms with Crippen LogP contribution >= 0.6 is 0 Å². The minimum Gasteiger partial charge on any atom is -0.389 e. The first-order valence-electron chi connectivity index (χ1n) is 6.66. The Labute approximate surface area is 99.8 Å². The molecule has 1 atom stereocenters. The zero-order valence-electron chi connectivity index (χ0n) is 10.8. The molecule has 0 heterocycles. The molecule has 0 spiro atoms. The van der Waals surface area contributed by atoms with E-state index >= 15 is 0 Å². The highest BCUT2D eigenvalue weighted by atomic mass is 16.5. The van der Waals surface area contributed by atoms with Crippen molar-refractivity contribution in [2.75, 3.05) is 33.4 Å². The van der Waals surface area contributed by atoms with Crippen LogP contribution in [0.15, 0.2) is 0 Å². The molecule has 16 heavy (non-hydrogen) atoms. The second-order valence-corrected chi connectivity index (χ2v) is 5.10. The maximum Gasteiger partial charge on any atom is 0.0900 e. The van der Waals surface area contributed by atoms with E-state index in [1.807, 2.05) is 0 Å². The fourth-order valence-electron chi connectivity index (χ4n) is 2.07. The number of aliphatic hydroxyl groups is 1. The Morgan fingerprint density at radius 2 is 2.19 bits per heavy atom. The molecule has 0 aliphatic heterocycles. The van der Waals surface area contributed by atoms with Crippen molar-refractivity contribution in [2.45, 2.75) is 45.1 Å². The molecule has 3 nitrogen and oxygen atoms in total. The number of hydrogen-bond acceptors (Lipinski definition) is 3. The van der Waals surface area contributed by atoms with Crippen LogP contribution in [0.2, 0.25) is 0 Å². The van der Waals surface area contributed by atoms with E-state index < -0.39 is 0 Å². The lowest BCUT2D eigenvalue weighted by atomic mass is 9.85. The molecule has 1 aliphatic carbocycles. The van der Waals surface area contributed by atoms with E-state index in [-0.39, 0.29) is 6.10 Å². The summed E-state index contributed by atoms with van der Waals surface area (Å²) in [5.41, 5.74) is 0. The zero-order valence-corrected chi connectivity index (χ0v) is 10.8. The lowest BCUT2D eigenvalue weighted by molar-refractivity contribution is 0.0159. The van der Waals surface area contributed by atoms with Crippen LogP contribution in [0.3, 0.4) is 0 Å². The van der Waals surface area contributed by atoms with Crippen LogP contribution in [0, 0.1) is 5.92 Å². The third kappa shape index (κ3) is 5.83. The molecule has 0 amide bonds. The number of unbranched alkanes of at least 4 members (excludes halogenated alkanes) is 1. The summed E-state index contributed by atoms with van der Waals surface area (Å²) in [6.45, 7) is 5.27. The Hall–Kier alpha value is -0.120. The minimum atomic E-state index is -0.332. The van der Waals surface area contributed by atoms with Crippen molar-refractivity contribution in [2.24, 2.45) is 5.92 Å². The standard InChI is InChI=1S/C13H27NO2/c1-3-4-8-16-11-13(15)10-14(2)9-12-6-5-7-12/h12-13,15H,3-11H2,1-2H3. The van der Waals surface area contributed by atoms with Gasteiger partial charge >= 0.3 is 0 Å². The molecule has 0 bridgehead atoms. The molecule has 96 valence electrons. The monoisotopic (exact) mass is 229 g/mol. The molecule has 1 rings (SSSR count). The molecule has 1 unspecified atom stereocenters. The van der Waals surface area contributed by atoms with Gasteiger partial charge in [-0.25, -0.2) is 0 Å². The number of nitrogens with zero attached hydrogens (tertiary/aromatic N) is 1. The average Bonchev–Trinajstić information content (AvgIpc) is 2.18. The summed E-state index contributed by atoms with van der Waals surface area (Å²) in [7, 11) is 2.09. The summed E-state index contributed by atoms with van der Waals surface area (Å²) in [6, 6.07) is 0. The molecule has 1 saturated carbocycles. The average molecular weight is 229 g/mol. The first-order valence-corrected chi connectivity index (χ1v) is 6.66. The lowest BCUT2D eigenvalue weighted by Gasteiger charge is -2.31. The molecule has 0 radical (unpaired) electrons. The fourth-order valence-corrected chi connectivity index (χ4v) is 2.07. The Balaban J connectivity index is 1.96. The smallest absolute Gasteiger partial charge is 0.0900 e. The topological polar surface area (TPSA) is 32.7 Å². The summed E-state index contributed by atoms with van der Waals surface area (Å²) >= 11 is 0. The van der Waals surface area contributed by atoms with Crippen molar-refractivity contribution < 1.29 is 9.84 Å². The SMILES string of the molecule is CCCCOCC(O)CN(C)CC1CCC1. The summed E-state index contributed by atoms with van der Waals surface area (Å²) in [5.74, 6) is 0.873. The molecule has 0 aromatic heterocycles. The van der Waals surface area contributed by atoms with Gasteiger partial charge in [-0.1, -0.05) is 19.8 Å². The van der Waals surface area contributed by atoms with Crippen molar-refractivity contribution in [3.05, 3.63) is 0 Å². The van der Waals surface area contributed by atoms with E-state index in [1.54, 1.807) is 0 Å². The summed E-state index contributed by atoms with van der Waals surface area (Å²) in [4.78, 5) is 2.23. The first-order chi connectivity index (χ1) is 7.72. The highest BCUT2D eigenvalue weighted by Crippen LogP contribution is 2.26. The maximum atomic E-state index is 9.76. The third-order valence-electron chi connectivity index (χ3n) is 3.27. The molecule has 1 N–H and O–H groups in total. The van der Waals surface area contributed by atoms with Gasteiger partial charge in [-0.05, 0) is 32.2 Å². The summed E-state index contributed by atoms with van der Waals surface area (Å²) in [6.07, 6.45) is 6.03. The predicted molar refractivity (Wildman–Crippen MR) is 66.6 cm³/mol. The lowest BCUT2D eigenvalue weighted by Crippen LogP contribution is -2.36. The van der Waals surface area contributed by atoms with Crippen molar-refractivity contribution >= 4 is 0 Å². The van der Waals surface area contributed by atoms with Gasteiger partial charge in [-0.3, -0.25) is 0 Å². The number of ether oxygens (including phenoxy) is 1. The minimum absolute atomic E-state index is 0.332. The zero-order chi connectivity index (χ0) is 11.8. The van der Waals surface area contributed by atoms with Gasteiger partial charge in [0.25, 0.3) is 0 Å². The number of likely N-dealkylation sites (N-methyl/N-ethyl adjacent to an activating group) is 1. The molecule has 3 heteroatoms. The summed E-state index contributed by atoms with van der Waals surface area (Å²) < 4.78 is 5.41. The van der Waals surface area contributed by atoms with Crippen LogP contribution in [-0.4, -0.2) is 49.5 Å². The normalized spacial score (nSPS) is 18.8. The van der Waals surface area contributed by atoms with E-state index in [4.69, 9.17) is 4.74 Å². The van der Waals surface area contributed by atoms with Crippen LogP contribution < -0.4 is 0 Å². The Bertz CT molecular complexity index is 171. The van der Waals surface area contributed by atoms with Gasteiger partial charge in [-0.2, -0.15) is 0 Å². The highest BCUT2D eigenvalue weighted by molar-refractivity contribution is 4.73. The van der Waals surface area contributed by atoms with E-state index in [1.165, 1.54) is 19.3 Å². The van der Waals surface area contributed by atoms with E-state index in [9.17, 15) is 5.11 Å². The van der Waals surface area contributed by atoms with E-state index in [0.717, 1.165) is 38.5 Å². The van der Waals surface area contributed by atoms with Gasteiger partial charge in [0, 0.05) is 19.7 Å². The van der Waals surface area contributed by atoms with Crippen LogP contribution in [0.25, 0.3) is 0 Å². The van der Waals surface area contributed by atoms with E-state index in [0.29, 0.717) is 6.61 Å². The van der Waals surface area contributed by atoms with Gasteiger partial charge < -0.3 is 14.7 Å². The number of hydrogen-bond donors (Lipinski definition) is 1. The Kier molecular flexibility index (Phi) is 7.01. The molecular formula is C13H27NO2. The van der Waals surface area contributed by atoms with Crippen LogP contribution in [0.5, 0.6) is 0 Å². The first kappa shape index (κ1) is 13.9. The van der Waals surface area contributed by atoms with Crippen LogP contribution in [0.1, 0.15) is 39.0 Å². The van der Waals surface area contributed by atoms with E-state index in [2.05, 4.69) is 18.9 Å². The Morgan fingerprint density at radius 3 is 2.75 bits per heavy atom. The van der Waals surface area contributed by atoms with Gasteiger partial charge in [0.1, 0.15) is 0 Å². The van der Waals surface area contributed by atoms with Crippen molar-refractivity contribution in [3.63, 3.8) is 0 Å². The molecular weight excluding hydrogens is 202 g/mol. The van der Waals surface area contributed by atoms with Gasteiger partial charge in [0.15, 0.2) is 0 Å². The largest absolute Gasteiger partial charge is 0.389 e. The Morgan fingerprint density at radius 1 is 1.44 bits per heavy atom. The van der Waals surface area contributed by atoms with Crippen molar-refractivity contribution in [3.8, 4) is 0 Å². The number of rotatable bonds is 9. The second-order valence-electron chi connectivity index (χ2n) is 5.10. The highest BCUT2D eigenvalue weighted by Gasteiger charge is 2.19. The predicted octanol–water partition coefficient (Wildman–Crippen LogP) is 1.90. The molecule has 1 aliphatic rings. The van der Waals surface area contributed by atoms with Crippen molar-refractivity contribution in [1.29, 1.82) is 0 Å². The van der Waals surface area contributed by atoms with Crippen LogP contribution in [-0.2, 0) is 4.74 Å². The van der Waals surface area contributed by atoms with Gasteiger partial charge in [0.2, 0.25) is 0 Å². The molecule has 0 saturated heterocycles. The van der Waals surface area contributed by atoms with Gasteiger partial charge in [-0.15, -0.1) is 0 Å². The second kappa shape index (κ2) is 8.04. The van der Waals surface area contributed by atoms with Crippen molar-refractivity contribution in [1.82, 2.24) is 4.90 Å². The molecule has 1 fully saturated rings. The quantitative estimate of drug-likeness (QED) is 0.613. The third-order valence-corrected chi connectivity index (χ3v) is 3.27. The fraction of sp³-hybridized carbons (Fsp3) is 1.00. The summed E-state index contributed by atoms with van der Waals surface area (Å²) in [5, 5.41) is 9.76. The molecule has 0 aromatic carbocycles.